The molecule has 0 aliphatic heterocycles. The Kier molecular flexibility index (Phi) is 3.93. The van der Waals surface area contributed by atoms with Gasteiger partial charge in [-0.2, -0.15) is 5.26 Å². The van der Waals surface area contributed by atoms with Crippen LogP contribution in [0.25, 0.3) is 0 Å². The van der Waals surface area contributed by atoms with Crippen LogP contribution in [0.1, 0.15) is 17.0 Å². The summed E-state index contributed by atoms with van der Waals surface area (Å²) in [5, 5.41) is 8.81. The van der Waals surface area contributed by atoms with Crippen LogP contribution in [0, 0.1) is 18.3 Å². The van der Waals surface area contributed by atoms with E-state index in [-0.39, 0.29) is 11.4 Å². The maximum absolute atomic E-state index is 12.2. The van der Waals surface area contributed by atoms with Gasteiger partial charge >= 0.3 is 0 Å². The monoisotopic (exact) mass is 289 g/mol. The number of nitrogens with one attached hydrogen (secondary N) is 1. The maximum atomic E-state index is 12.2. The quantitative estimate of drug-likeness (QED) is 0.930. The van der Waals surface area contributed by atoms with Gasteiger partial charge in [0.25, 0.3) is 0 Å². The zero-order valence-corrected chi connectivity index (χ0v) is 12.1. The molecule has 0 fully saturated rings. The Labute approximate surface area is 118 Å². The smallest absolute Gasteiger partial charge is 0.240 e. The Balaban J connectivity index is 2.19. The molecule has 0 amide bonds. The molecule has 0 saturated carbocycles. The second-order valence-electron chi connectivity index (χ2n) is 4.49. The first-order valence-electron chi connectivity index (χ1n) is 6.05. The van der Waals surface area contributed by atoms with Gasteiger partial charge in [-0.3, -0.25) is 0 Å². The molecule has 1 N–H and O–H groups in total. The average Bonchev–Trinajstić information content (AvgIpc) is 2.77. The summed E-state index contributed by atoms with van der Waals surface area (Å²) in [6.07, 6.45) is 0. The molecule has 1 heterocycles. The molecule has 0 radical (unpaired) electrons. The topological polar surface area (TPSA) is 74.9 Å². The molecular formula is C14H15N3O2S. The van der Waals surface area contributed by atoms with Gasteiger partial charge in [0.05, 0.1) is 23.1 Å². The summed E-state index contributed by atoms with van der Waals surface area (Å²) in [5.74, 6) is 0. The molecule has 0 unspecified atom stereocenters. The van der Waals surface area contributed by atoms with E-state index < -0.39 is 10.0 Å². The molecule has 104 valence electrons. The van der Waals surface area contributed by atoms with Crippen LogP contribution in [0.5, 0.6) is 0 Å². The Bertz CT molecular complexity index is 770. The van der Waals surface area contributed by atoms with Gasteiger partial charge in [-0.15, -0.1) is 0 Å². The standard InChI is InChI=1S/C14H15N3O2S/c1-11-6-7-13(17(11)2)10-16-20(18,19)14-5-3-4-12(8-14)9-15/h3-8,16H,10H2,1-2H3. The lowest BCUT2D eigenvalue weighted by Crippen LogP contribution is -2.24. The van der Waals surface area contributed by atoms with Crippen LogP contribution in [0.4, 0.5) is 0 Å². The number of hydrogen-bond donors (Lipinski definition) is 1. The summed E-state index contributed by atoms with van der Waals surface area (Å²) >= 11 is 0. The van der Waals surface area contributed by atoms with Crippen LogP contribution in [0.3, 0.4) is 0 Å². The van der Waals surface area contributed by atoms with Crippen molar-refractivity contribution >= 4 is 10.0 Å². The minimum absolute atomic E-state index is 0.0995. The van der Waals surface area contributed by atoms with Gasteiger partial charge in [0.2, 0.25) is 10.0 Å². The summed E-state index contributed by atoms with van der Waals surface area (Å²) in [4.78, 5) is 0.0995. The SMILES string of the molecule is Cc1ccc(CNS(=O)(=O)c2cccc(C#N)c2)n1C. The number of aromatic nitrogens is 1. The van der Waals surface area contributed by atoms with Gasteiger partial charge in [-0.25, -0.2) is 13.1 Å². The fourth-order valence-corrected chi connectivity index (χ4v) is 2.87. The maximum Gasteiger partial charge on any atom is 0.240 e. The third-order valence-electron chi connectivity index (χ3n) is 3.19. The van der Waals surface area contributed by atoms with Crippen LogP contribution in [0.2, 0.25) is 0 Å². The van der Waals surface area contributed by atoms with E-state index in [1.165, 1.54) is 12.1 Å². The van der Waals surface area contributed by atoms with Crippen LogP contribution in [-0.2, 0) is 23.6 Å². The lowest BCUT2D eigenvalue weighted by atomic mass is 10.2. The van der Waals surface area contributed by atoms with Crippen molar-refractivity contribution in [3.05, 3.63) is 53.3 Å². The van der Waals surface area contributed by atoms with Gasteiger partial charge in [-0.05, 0) is 37.3 Å². The molecule has 20 heavy (non-hydrogen) atoms. The molecule has 2 aromatic rings. The summed E-state index contributed by atoms with van der Waals surface area (Å²) < 4.78 is 28.8. The van der Waals surface area contributed by atoms with Gasteiger partial charge in [0.15, 0.2) is 0 Å². The highest BCUT2D eigenvalue weighted by Crippen LogP contribution is 2.12. The predicted octanol–water partition coefficient (Wildman–Crippen LogP) is 1.68. The van der Waals surface area contributed by atoms with Crippen molar-refractivity contribution in [3.8, 4) is 6.07 Å². The number of hydrogen-bond acceptors (Lipinski definition) is 3. The first kappa shape index (κ1) is 14.3. The molecule has 1 aromatic heterocycles. The van der Waals surface area contributed by atoms with E-state index in [4.69, 9.17) is 5.26 Å². The van der Waals surface area contributed by atoms with E-state index in [2.05, 4.69) is 4.72 Å². The number of rotatable bonds is 4. The van der Waals surface area contributed by atoms with E-state index in [1.54, 1.807) is 12.1 Å². The number of aryl methyl sites for hydroxylation is 1. The molecular weight excluding hydrogens is 274 g/mol. The normalized spacial score (nSPS) is 11.2. The number of nitriles is 1. The Hall–Kier alpha value is -2.10. The number of sulfonamides is 1. The van der Waals surface area contributed by atoms with E-state index in [1.807, 2.05) is 36.7 Å². The van der Waals surface area contributed by atoms with Gasteiger partial charge in [0.1, 0.15) is 0 Å². The summed E-state index contributed by atoms with van der Waals surface area (Å²) in [7, 11) is -1.73. The molecule has 0 aliphatic rings. The third-order valence-corrected chi connectivity index (χ3v) is 4.59. The highest BCUT2D eigenvalue weighted by molar-refractivity contribution is 7.89. The molecule has 0 saturated heterocycles. The van der Waals surface area contributed by atoms with Crippen molar-refractivity contribution in [2.45, 2.75) is 18.4 Å². The van der Waals surface area contributed by atoms with E-state index >= 15 is 0 Å². The Morgan fingerprint density at radius 2 is 2.05 bits per heavy atom. The van der Waals surface area contributed by atoms with Crippen LogP contribution >= 0.6 is 0 Å². The van der Waals surface area contributed by atoms with Crippen molar-refractivity contribution in [2.75, 3.05) is 0 Å². The molecule has 6 heteroatoms. The third kappa shape index (κ3) is 2.90. The summed E-state index contributed by atoms with van der Waals surface area (Å²) in [6.45, 7) is 2.16. The first-order valence-corrected chi connectivity index (χ1v) is 7.53. The number of benzene rings is 1. The molecule has 0 spiro atoms. The van der Waals surface area contributed by atoms with E-state index in [9.17, 15) is 8.42 Å². The van der Waals surface area contributed by atoms with Crippen LogP contribution in [-0.4, -0.2) is 13.0 Å². The van der Waals surface area contributed by atoms with E-state index in [0.29, 0.717) is 5.56 Å². The zero-order valence-electron chi connectivity index (χ0n) is 11.3. The highest BCUT2D eigenvalue weighted by atomic mass is 32.2. The fraction of sp³-hybridized carbons (Fsp3) is 0.214. The first-order chi connectivity index (χ1) is 9.44. The number of nitrogens with zero attached hydrogens (tertiary/aromatic N) is 2. The predicted molar refractivity (Wildman–Crippen MR) is 75.3 cm³/mol. The van der Waals surface area contributed by atoms with Crippen molar-refractivity contribution in [3.63, 3.8) is 0 Å². The van der Waals surface area contributed by atoms with Gasteiger partial charge in [-0.1, -0.05) is 6.07 Å². The molecule has 5 nitrogen and oxygen atoms in total. The molecule has 1 aromatic carbocycles. The minimum Gasteiger partial charge on any atom is -0.351 e. The largest absolute Gasteiger partial charge is 0.351 e. The second kappa shape index (κ2) is 5.49. The van der Waals surface area contributed by atoms with Crippen molar-refractivity contribution in [1.82, 2.24) is 9.29 Å². The summed E-state index contributed by atoms with van der Waals surface area (Å²) in [5.41, 5.74) is 2.26. The lowest BCUT2D eigenvalue weighted by Gasteiger charge is -2.08. The Morgan fingerprint density at radius 1 is 1.30 bits per heavy atom. The van der Waals surface area contributed by atoms with Gasteiger partial charge in [0, 0.05) is 18.4 Å². The average molecular weight is 289 g/mol. The summed E-state index contributed by atoms with van der Waals surface area (Å²) in [6, 6.07) is 11.7. The van der Waals surface area contributed by atoms with Crippen LogP contribution in [0.15, 0.2) is 41.3 Å². The second-order valence-corrected chi connectivity index (χ2v) is 6.26. The fourth-order valence-electron chi connectivity index (χ4n) is 1.83. The van der Waals surface area contributed by atoms with Crippen molar-refractivity contribution < 1.29 is 8.42 Å². The van der Waals surface area contributed by atoms with Crippen LogP contribution < -0.4 is 4.72 Å². The molecule has 0 bridgehead atoms. The van der Waals surface area contributed by atoms with E-state index in [0.717, 1.165) is 11.4 Å². The van der Waals surface area contributed by atoms with Crippen molar-refractivity contribution in [2.24, 2.45) is 7.05 Å². The lowest BCUT2D eigenvalue weighted by molar-refractivity contribution is 0.578. The Morgan fingerprint density at radius 3 is 2.65 bits per heavy atom. The van der Waals surface area contributed by atoms with Gasteiger partial charge < -0.3 is 4.57 Å². The molecule has 0 aliphatic carbocycles. The minimum atomic E-state index is -3.61. The molecule has 0 atom stereocenters. The highest BCUT2D eigenvalue weighted by Gasteiger charge is 2.15. The molecule has 2 rings (SSSR count). The zero-order chi connectivity index (χ0) is 14.8. The van der Waals surface area contributed by atoms with Crippen molar-refractivity contribution in [1.29, 1.82) is 5.26 Å².